The molecule has 0 saturated carbocycles. The van der Waals surface area contributed by atoms with Gasteiger partial charge >= 0.3 is 0 Å². The Kier molecular flexibility index (Phi) is 5.82. The first kappa shape index (κ1) is 16.3. The van der Waals surface area contributed by atoms with E-state index < -0.39 is 11.3 Å². The molecule has 112 valence electrons. The third kappa shape index (κ3) is 4.41. The van der Waals surface area contributed by atoms with E-state index in [2.05, 4.69) is 10.2 Å². The maximum atomic E-state index is 12.9. The van der Waals surface area contributed by atoms with E-state index in [1.165, 1.54) is 12.1 Å². The van der Waals surface area contributed by atoms with Crippen molar-refractivity contribution >= 4 is 11.4 Å². The number of hydrogen-bond donors (Lipinski definition) is 1. The fourth-order valence-corrected chi connectivity index (χ4v) is 1.63. The van der Waals surface area contributed by atoms with Crippen LogP contribution in [0.5, 0.6) is 0 Å². The zero-order valence-electron chi connectivity index (χ0n) is 11.8. The highest BCUT2D eigenvalue weighted by molar-refractivity contribution is 5.56. The molecule has 0 aromatic heterocycles. The number of nitrogens with zero attached hydrogens (tertiary/aromatic N) is 2. The van der Waals surface area contributed by atoms with Crippen molar-refractivity contribution in [2.45, 2.75) is 26.3 Å². The number of nitro groups is 1. The Hall–Kier alpha value is -1.76. The quantitative estimate of drug-likeness (QED) is 0.617. The minimum absolute atomic E-state index is 0.239. The number of nitro benzene ring substituents is 1. The largest absolute Gasteiger partial charge is 0.383 e. The first-order valence-corrected chi connectivity index (χ1v) is 6.33. The molecule has 0 aliphatic carbocycles. The van der Waals surface area contributed by atoms with E-state index in [-0.39, 0.29) is 16.9 Å². The summed E-state index contributed by atoms with van der Waals surface area (Å²) in [5.41, 5.74) is -0.431. The fourth-order valence-electron chi connectivity index (χ4n) is 1.63. The molecule has 0 heterocycles. The van der Waals surface area contributed by atoms with E-state index in [1.54, 1.807) is 0 Å². The smallest absolute Gasteiger partial charge is 0.270 e. The highest BCUT2D eigenvalue weighted by Crippen LogP contribution is 2.30. The number of anilines is 1. The topological polar surface area (TPSA) is 58.4 Å². The molecule has 0 aliphatic rings. The van der Waals surface area contributed by atoms with Crippen molar-refractivity contribution in [2.24, 2.45) is 0 Å². The normalized spacial score (nSPS) is 11.4. The second kappa shape index (κ2) is 7.14. The summed E-state index contributed by atoms with van der Waals surface area (Å²) in [5.74, 6) is 0. The molecule has 0 radical (unpaired) electrons. The van der Waals surface area contributed by atoms with Gasteiger partial charge in [-0.15, -0.1) is 0 Å². The number of halogens is 2. The standard InChI is InChI=1S/C13H19F2N3O2/c1-9(2)17(3)7-6-16-12-5-4-10(18(19)20)8-11(12)13(14)15/h4-5,8-9,13,16H,6-7H2,1-3H3. The summed E-state index contributed by atoms with van der Waals surface area (Å²) in [6.07, 6.45) is -2.75. The van der Waals surface area contributed by atoms with E-state index in [0.29, 0.717) is 19.1 Å². The van der Waals surface area contributed by atoms with Crippen molar-refractivity contribution in [2.75, 3.05) is 25.5 Å². The first-order chi connectivity index (χ1) is 9.32. The van der Waals surface area contributed by atoms with Crippen LogP contribution in [0, 0.1) is 10.1 Å². The number of nitrogens with one attached hydrogen (secondary N) is 1. The van der Waals surface area contributed by atoms with E-state index in [9.17, 15) is 18.9 Å². The summed E-state index contributed by atoms with van der Waals surface area (Å²) in [6.45, 7) is 5.26. The molecule has 7 heteroatoms. The van der Waals surface area contributed by atoms with Crippen molar-refractivity contribution in [3.05, 3.63) is 33.9 Å². The Balaban J connectivity index is 2.77. The SMILES string of the molecule is CC(C)N(C)CCNc1ccc([N+](=O)[O-])cc1C(F)F. The third-order valence-corrected chi connectivity index (χ3v) is 3.14. The lowest BCUT2D eigenvalue weighted by atomic mass is 10.1. The Morgan fingerprint density at radius 3 is 2.55 bits per heavy atom. The Labute approximate surface area is 116 Å². The zero-order valence-corrected chi connectivity index (χ0v) is 11.8. The van der Waals surface area contributed by atoms with Gasteiger partial charge in [-0.1, -0.05) is 0 Å². The van der Waals surface area contributed by atoms with Gasteiger partial charge in [-0.3, -0.25) is 10.1 Å². The van der Waals surface area contributed by atoms with Crippen molar-refractivity contribution in [1.29, 1.82) is 0 Å². The van der Waals surface area contributed by atoms with Crippen LogP contribution in [0.4, 0.5) is 20.2 Å². The minimum atomic E-state index is -2.75. The summed E-state index contributed by atoms with van der Waals surface area (Å²) < 4.78 is 25.8. The average molecular weight is 287 g/mol. The van der Waals surface area contributed by atoms with Gasteiger partial charge in [0.2, 0.25) is 0 Å². The molecular formula is C13H19F2N3O2. The number of rotatable bonds is 7. The highest BCUT2D eigenvalue weighted by atomic mass is 19.3. The summed E-state index contributed by atoms with van der Waals surface area (Å²) in [4.78, 5) is 12.0. The minimum Gasteiger partial charge on any atom is -0.383 e. The number of benzene rings is 1. The molecule has 0 saturated heterocycles. The predicted molar refractivity (Wildman–Crippen MR) is 74.3 cm³/mol. The van der Waals surface area contributed by atoms with Crippen LogP contribution in [0.3, 0.4) is 0 Å². The van der Waals surface area contributed by atoms with Gasteiger partial charge in [-0.05, 0) is 27.0 Å². The van der Waals surface area contributed by atoms with Gasteiger partial charge in [0.15, 0.2) is 0 Å². The predicted octanol–water partition coefficient (Wildman–Crippen LogP) is 3.28. The van der Waals surface area contributed by atoms with Crippen molar-refractivity contribution < 1.29 is 13.7 Å². The summed E-state index contributed by atoms with van der Waals surface area (Å²) in [7, 11) is 1.94. The van der Waals surface area contributed by atoms with Crippen LogP contribution in [0.15, 0.2) is 18.2 Å². The number of likely N-dealkylation sites (N-methyl/N-ethyl adjacent to an activating group) is 1. The number of hydrogen-bond acceptors (Lipinski definition) is 4. The molecule has 0 bridgehead atoms. The first-order valence-electron chi connectivity index (χ1n) is 6.33. The zero-order chi connectivity index (χ0) is 15.3. The van der Waals surface area contributed by atoms with Gasteiger partial charge in [0.1, 0.15) is 0 Å². The molecule has 1 aromatic rings. The second-order valence-electron chi connectivity index (χ2n) is 4.83. The molecule has 1 rings (SSSR count). The van der Waals surface area contributed by atoms with Crippen molar-refractivity contribution in [1.82, 2.24) is 4.90 Å². The molecule has 1 aromatic carbocycles. The summed E-state index contributed by atoms with van der Waals surface area (Å²) in [5, 5.41) is 13.5. The molecule has 5 nitrogen and oxygen atoms in total. The molecule has 0 atom stereocenters. The Morgan fingerprint density at radius 2 is 2.05 bits per heavy atom. The lowest BCUT2D eigenvalue weighted by molar-refractivity contribution is -0.385. The Morgan fingerprint density at radius 1 is 1.40 bits per heavy atom. The van der Waals surface area contributed by atoms with E-state index >= 15 is 0 Å². The van der Waals surface area contributed by atoms with Crippen molar-refractivity contribution in [3.8, 4) is 0 Å². The third-order valence-electron chi connectivity index (χ3n) is 3.14. The maximum absolute atomic E-state index is 12.9. The van der Waals surface area contributed by atoms with Crippen molar-refractivity contribution in [3.63, 3.8) is 0 Å². The van der Waals surface area contributed by atoms with E-state index in [0.717, 1.165) is 6.07 Å². The van der Waals surface area contributed by atoms with Gasteiger partial charge in [0.25, 0.3) is 12.1 Å². The van der Waals surface area contributed by atoms with E-state index in [1.807, 2.05) is 20.9 Å². The lowest BCUT2D eigenvalue weighted by Crippen LogP contribution is -2.31. The van der Waals surface area contributed by atoms with Crippen LogP contribution in [-0.2, 0) is 0 Å². The average Bonchev–Trinajstić information content (AvgIpc) is 2.38. The van der Waals surface area contributed by atoms with Crippen LogP contribution in [0.2, 0.25) is 0 Å². The van der Waals surface area contributed by atoms with Gasteiger partial charge < -0.3 is 10.2 Å². The molecule has 1 N–H and O–H groups in total. The molecule has 0 spiro atoms. The maximum Gasteiger partial charge on any atom is 0.270 e. The summed E-state index contributed by atoms with van der Waals surface area (Å²) in [6, 6.07) is 3.83. The lowest BCUT2D eigenvalue weighted by Gasteiger charge is -2.21. The second-order valence-corrected chi connectivity index (χ2v) is 4.83. The van der Waals surface area contributed by atoms with Crippen LogP contribution >= 0.6 is 0 Å². The van der Waals surface area contributed by atoms with E-state index in [4.69, 9.17) is 0 Å². The van der Waals surface area contributed by atoms with Crippen LogP contribution in [-0.4, -0.2) is 36.0 Å². The fraction of sp³-hybridized carbons (Fsp3) is 0.538. The van der Waals surface area contributed by atoms with Crippen LogP contribution in [0.25, 0.3) is 0 Å². The van der Waals surface area contributed by atoms with Gasteiger partial charge in [-0.25, -0.2) is 8.78 Å². The molecule has 0 unspecified atom stereocenters. The molecule has 0 amide bonds. The summed E-state index contributed by atoms with van der Waals surface area (Å²) >= 11 is 0. The molecular weight excluding hydrogens is 268 g/mol. The molecule has 0 fully saturated rings. The van der Waals surface area contributed by atoms with Crippen LogP contribution in [0.1, 0.15) is 25.8 Å². The molecule has 0 aliphatic heterocycles. The number of non-ortho nitro benzene ring substituents is 1. The monoisotopic (exact) mass is 287 g/mol. The highest BCUT2D eigenvalue weighted by Gasteiger charge is 2.17. The Bertz CT molecular complexity index is 467. The number of alkyl halides is 2. The molecule has 20 heavy (non-hydrogen) atoms. The van der Waals surface area contributed by atoms with Gasteiger partial charge in [0.05, 0.1) is 4.92 Å². The van der Waals surface area contributed by atoms with Crippen LogP contribution < -0.4 is 5.32 Å². The van der Waals surface area contributed by atoms with Gasteiger partial charge in [0, 0.05) is 42.5 Å². The van der Waals surface area contributed by atoms with Gasteiger partial charge in [-0.2, -0.15) is 0 Å².